The van der Waals surface area contributed by atoms with Gasteiger partial charge in [-0.3, -0.25) is 0 Å². The van der Waals surface area contributed by atoms with E-state index in [2.05, 4.69) is 15.3 Å². The first-order valence-corrected chi connectivity index (χ1v) is 4.61. The molecule has 0 amide bonds. The third kappa shape index (κ3) is 4.04. The van der Waals surface area contributed by atoms with E-state index in [9.17, 15) is 0 Å². The highest BCUT2D eigenvalue weighted by atomic mass is 16.5. The maximum Gasteiger partial charge on any atom is 0.131 e. The van der Waals surface area contributed by atoms with Crippen LogP contribution in [0.2, 0.25) is 0 Å². The van der Waals surface area contributed by atoms with Gasteiger partial charge in [0.15, 0.2) is 0 Å². The Balaban J connectivity index is 2.25. The van der Waals surface area contributed by atoms with Gasteiger partial charge in [-0.15, -0.1) is 0 Å². The first-order valence-electron chi connectivity index (χ1n) is 4.61. The monoisotopic (exact) mass is 196 g/mol. The highest BCUT2D eigenvalue weighted by Crippen LogP contribution is 2.03. The molecule has 78 valence electrons. The van der Waals surface area contributed by atoms with E-state index < -0.39 is 0 Å². The van der Waals surface area contributed by atoms with Crippen molar-refractivity contribution in [2.24, 2.45) is 0 Å². The fourth-order valence-corrected chi connectivity index (χ4v) is 0.943. The summed E-state index contributed by atoms with van der Waals surface area (Å²) in [5.74, 6) is 1.19. The van der Waals surface area contributed by atoms with Gasteiger partial charge in [-0.25, -0.2) is 9.97 Å². The number of nitrogen functional groups attached to an aromatic ring is 1. The highest BCUT2D eigenvalue weighted by molar-refractivity contribution is 5.42. The third-order valence-corrected chi connectivity index (χ3v) is 1.55. The number of hydrogen-bond acceptors (Lipinski definition) is 5. The summed E-state index contributed by atoms with van der Waals surface area (Å²) >= 11 is 0. The van der Waals surface area contributed by atoms with E-state index in [-0.39, 0.29) is 6.10 Å². The smallest absolute Gasteiger partial charge is 0.131 e. The fourth-order valence-electron chi connectivity index (χ4n) is 0.943. The standard InChI is InChI=1S/C9H16N4O/c1-7(2)14-4-3-11-9-5-8(10)12-6-13-9/h5-7H,3-4H2,1-2H3,(H3,10,11,12,13). The first kappa shape index (κ1) is 10.7. The van der Waals surface area contributed by atoms with Crippen molar-refractivity contribution in [3.63, 3.8) is 0 Å². The van der Waals surface area contributed by atoms with Gasteiger partial charge in [-0.05, 0) is 13.8 Å². The van der Waals surface area contributed by atoms with E-state index in [1.54, 1.807) is 6.07 Å². The summed E-state index contributed by atoms with van der Waals surface area (Å²) in [5.41, 5.74) is 5.49. The van der Waals surface area contributed by atoms with Crippen molar-refractivity contribution in [3.8, 4) is 0 Å². The summed E-state index contributed by atoms with van der Waals surface area (Å²) in [6.07, 6.45) is 1.69. The minimum atomic E-state index is 0.257. The molecule has 1 aromatic heterocycles. The zero-order valence-corrected chi connectivity index (χ0v) is 8.53. The average molecular weight is 196 g/mol. The topological polar surface area (TPSA) is 73.1 Å². The molecule has 0 spiro atoms. The van der Waals surface area contributed by atoms with Crippen LogP contribution < -0.4 is 11.1 Å². The summed E-state index contributed by atoms with van der Waals surface area (Å²) in [7, 11) is 0. The number of nitrogens with zero attached hydrogens (tertiary/aromatic N) is 2. The van der Waals surface area contributed by atoms with Gasteiger partial charge in [0, 0.05) is 12.6 Å². The number of hydrogen-bond donors (Lipinski definition) is 2. The van der Waals surface area contributed by atoms with E-state index >= 15 is 0 Å². The van der Waals surface area contributed by atoms with Crippen molar-refractivity contribution in [1.29, 1.82) is 0 Å². The van der Waals surface area contributed by atoms with Crippen LogP contribution in [0.25, 0.3) is 0 Å². The number of ether oxygens (including phenoxy) is 1. The predicted octanol–water partition coefficient (Wildman–Crippen LogP) is 0.896. The van der Waals surface area contributed by atoms with Crippen molar-refractivity contribution >= 4 is 11.6 Å². The van der Waals surface area contributed by atoms with Crippen molar-refractivity contribution < 1.29 is 4.74 Å². The molecule has 5 nitrogen and oxygen atoms in total. The molecular formula is C9H16N4O. The average Bonchev–Trinajstić information content (AvgIpc) is 2.12. The lowest BCUT2D eigenvalue weighted by atomic mass is 10.5. The summed E-state index contributed by atoms with van der Waals surface area (Å²) in [4.78, 5) is 7.79. The molecule has 0 fully saturated rings. The number of nitrogens with one attached hydrogen (secondary N) is 1. The lowest BCUT2D eigenvalue weighted by Crippen LogP contribution is -2.14. The molecule has 1 rings (SSSR count). The molecule has 0 saturated carbocycles. The molecule has 0 aromatic carbocycles. The van der Waals surface area contributed by atoms with Crippen LogP contribution in [0.15, 0.2) is 12.4 Å². The summed E-state index contributed by atoms with van der Waals surface area (Å²) in [6.45, 7) is 5.38. The summed E-state index contributed by atoms with van der Waals surface area (Å²) < 4.78 is 5.36. The van der Waals surface area contributed by atoms with Crippen LogP contribution in [0, 0.1) is 0 Å². The molecule has 3 N–H and O–H groups in total. The maximum absolute atomic E-state index is 5.49. The fraction of sp³-hybridized carbons (Fsp3) is 0.556. The Morgan fingerprint density at radius 3 is 2.93 bits per heavy atom. The molecule has 1 heterocycles. The van der Waals surface area contributed by atoms with Crippen molar-refractivity contribution in [3.05, 3.63) is 12.4 Å². The van der Waals surface area contributed by atoms with Gasteiger partial charge in [0.25, 0.3) is 0 Å². The molecule has 0 saturated heterocycles. The van der Waals surface area contributed by atoms with Gasteiger partial charge < -0.3 is 15.8 Å². The van der Waals surface area contributed by atoms with Crippen LogP contribution in [0.3, 0.4) is 0 Å². The van der Waals surface area contributed by atoms with Gasteiger partial charge in [-0.2, -0.15) is 0 Å². The largest absolute Gasteiger partial charge is 0.384 e. The predicted molar refractivity (Wildman–Crippen MR) is 56.0 cm³/mol. The van der Waals surface area contributed by atoms with Crippen LogP contribution in [0.4, 0.5) is 11.6 Å². The molecular weight excluding hydrogens is 180 g/mol. The Labute approximate surface area is 83.7 Å². The molecule has 0 aliphatic heterocycles. The maximum atomic E-state index is 5.49. The zero-order chi connectivity index (χ0) is 10.4. The second-order valence-corrected chi connectivity index (χ2v) is 3.17. The molecule has 0 atom stereocenters. The number of aromatic nitrogens is 2. The number of nitrogens with two attached hydrogens (primary N) is 1. The van der Waals surface area contributed by atoms with Crippen molar-refractivity contribution in [2.45, 2.75) is 20.0 Å². The number of anilines is 2. The lowest BCUT2D eigenvalue weighted by Gasteiger charge is -2.08. The van der Waals surface area contributed by atoms with Gasteiger partial charge >= 0.3 is 0 Å². The second-order valence-electron chi connectivity index (χ2n) is 3.17. The second kappa shape index (κ2) is 5.39. The van der Waals surface area contributed by atoms with E-state index in [0.717, 1.165) is 5.82 Å². The van der Waals surface area contributed by atoms with Crippen LogP contribution in [-0.2, 0) is 4.74 Å². The highest BCUT2D eigenvalue weighted by Gasteiger charge is 1.95. The molecule has 0 radical (unpaired) electrons. The van der Waals surface area contributed by atoms with E-state index in [1.165, 1.54) is 6.33 Å². The summed E-state index contributed by atoms with van der Waals surface area (Å²) in [6, 6.07) is 1.69. The molecule has 5 heteroatoms. The van der Waals surface area contributed by atoms with E-state index in [4.69, 9.17) is 10.5 Å². The van der Waals surface area contributed by atoms with Crippen LogP contribution in [0.5, 0.6) is 0 Å². The minimum Gasteiger partial charge on any atom is -0.384 e. The van der Waals surface area contributed by atoms with Crippen molar-refractivity contribution in [2.75, 3.05) is 24.2 Å². The van der Waals surface area contributed by atoms with E-state index in [1.807, 2.05) is 13.8 Å². The van der Waals surface area contributed by atoms with Crippen LogP contribution in [0.1, 0.15) is 13.8 Å². The van der Waals surface area contributed by atoms with Gasteiger partial charge in [-0.1, -0.05) is 0 Å². The molecule has 14 heavy (non-hydrogen) atoms. The quantitative estimate of drug-likeness (QED) is 0.684. The lowest BCUT2D eigenvalue weighted by molar-refractivity contribution is 0.0870. The Kier molecular flexibility index (Phi) is 4.12. The van der Waals surface area contributed by atoms with Gasteiger partial charge in [0.2, 0.25) is 0 Å². The zero-order valence-electron chi connectivity index (χ0n) is 8.53. The Bertz CT molecular complexity index is 277. The van der Waals surface area contributed by atoms with Gasteiger partial charge in [0.1, 0.15) is 18.0 Å². The Morgan fingerprint density at radius 2 is 2.29 bits per heavy atom. The normalized spacial score (nSPS) is 10.5. The minimum absolute atomic E-state index is 0.257. The Morgan fingerprint density at radius 1 is 1.50 bits per heavy atom. The van der Waals surface area contributed by atoms with E-state index in [0.29, 0.717) is 19.0 Å². The molecule has 0 bridgehead atoms. The van der Waals surface area contributed by atoms with Crippen molar-refractivity contribution in [1.82, 2.24) is 9.97 Å². The molecule has 0 aliphatic rings. The molecule has 0 aliphatic carbocycles. The van der Waals surface area contributed by atoms with Crippen LogP contribution >= 0.6 is 0 Å². The molecule has 1 aromatic rings. The number of rotatable bonds is 5. The SMILES string of the molecule is CC(C)OCCNc1cc(N)ncn1. The Hall–Kier alpha value is -1.36. The molecule has 0 unspecified atom stereocenters. The van der Waals surface area contributed by atoms with Crippen LogP contribution in [-0.4, -0.2) is 29.2 Å². The van der Waals surface area contributed by atoms with Gasteiger partial charge in [0.05, 0.1) is 12.7 Å². The summed E-state index contributed by atoms with van der Waals surface area (Å²) in [5, 5.41) is 3.08. The first-order chi connectivity index (χ1) is 6.68. The third-order valence-electron chi connectivity index (χ3n) is 1.55.